The van der Waals surface area contributed by atoms with Gasteiger partial charge in [0.25, 0.3) is 11.6 Å². The maximum atomic E-state index is 13.0. The fourth-order valence-corrected chi connectivity index (χ4v) is 2.81. The highest BCUT2D eigenvalue weighted by Crippen LogP contribution is 2.23. The number of nitro groups is 1. The first kappa shape index (κ1) is 20.7. The average Bonchev–Trinajstić information content (AvgIpc) is 2.62. The number of anilines is 1. The number of halogens is 2. The minimum atomic E-state index is -1.09. The van der Waals surface area contributed by atoms with Crippen LogP contribution < -0.4 is 5.32 Å². The highest BCUT2D eigenvalue weighted by atomic mass is 35.5. The molecule has 2 rings (SSSR count). The van der Waals surface area contributed by atoms with Gasteiger partial charge in [0.05, 0.1) is 21.4 Å². The molecule has 1 N–H and O–H groups in total. The van der Waals surface area contributed by atoms with Gasteiger partial charge < -0.3 is 10.1 Å². The smallest absolute Gasteiger partial charge is 0.317 e. The van der Waals surface area contributed by atoms with Crippen molar-refractivity contribution in [2.75, 3.05) is 11.1 Å². The van der Waals surface area contributed by atoms with Crippen molar-refractivity contribution in [3.8, 4) is 0 Å². The number of carbonyl (C=O) groups is 2. The summed E-state index contributed by atoms with van der Waals surface area (Å²) >= 11 is 6.94. The predicted molar refractivity (Wildman–Crippen MR) is 99.4 cm³/mol. The fraction of sp³-hybridized carbons (Fsp3) is 0.176. The summed E-state index contributed by atoms with van der Waals surface area (Å²) in [6.45, 7) is 1.39. The Morgan fingerprint density at radius 3 is 2.56 bits per heavy atom. The van der Waals surface area contributed by atoms with Gasteiger partial charge in [0.2, 0.25) is 0 Å². The van der Waals surface area contributed by atoms with Gasteiger partial charge in [-0.15, -0.1) is 11.8 Å². The van der Waals surface area contributed by atoms with Gasteiger partial charge in [0, 0.05) is 17.0 Å². The lowest BCUT2D eigenvalue weighted by molar-refractivity contribution is -0.384. The van der Waals surface area contributed by atoms with Gasteiger partial charge in [-0.1, -0.05) is 11.6 Å². The zero-order chi connectivity index (χ0) is 20.0. The quantitative estimate of drug-likeness (QED) is 0.319. The average molecular weight is 413 g/mol. The van der Waals surface area contributed by atoms with Gasteiger partial charge >= 0.3 is 5.97 Å². The summed E-state index contributed by atoms with van der Waals surface area (Å²) in [5.41, 5.74) is 0.151. The molecule has 0 radical (unpaired) electrons. The summed E-state index contributed by atoms with van der Waals surface area (Å²) < 4.78 is 18.0. The van der Waals surface area contributed by atoms with Gasteiger partial charge in [-0.05, 0) is 37.3 Å². The Morgan fingerprint density at radius 2 is 1.96 bits per heavy atom. The van der Waals surface area contributed by atoms with Gasteiger partial charge in [0.15, 0.2) is 6.10 Å². The lowest BCUT2D eigenvalue weighted by Crippen LogP contribution is -2.30. The molecule has 0 spiro atoms. The van der Waals surface area contributed by atoms with Crippen molar-refractivity contribution in [1.29, 1.82) is 0 Å². The lowest BCUT2D eigenvalue weighted by Gasteiger charge is -2.14. The van der Waals surface area contributed by atoms with Gasteiger partial charge in [-0.3, -0.25) is 19.7 Å². The van der Waals surface area contributed by atoms with Crippen LogP contribution >= 0.6 is 23.4 Å². The highest BCUT2D eigenvalue weighted by molar-refractivity contribution is 8.00. The molecule has 0 saturated heterocycles. The number of thioether (sulfide) groups is 1. The topological polar surface area (TPSA) is 98.5 Å². The summed E-state index contributed by atoms with van der Waals surface area (Å²) in [5, 5.41) is 13.1. The second-order valence-electron chi connectivity index (χ2n) is 5.29. The van der Waals surface area contributed by atoms with Crippen molar-refractivity contribution < 1.29 is 23.6 Å². The molecule has 10 heteroatoms. The van der Waals surface area contributed by atoms with Crippen molar-refractivity contribution in [1.82, 2.24) is 0 Å². The van der Waals surface area contributed by atoms with E-state index in [0.29, 0.717) is 4.90 Å². The molecule has 2 aromatic rings. The van der Waals surface area contributed by atoms with Crippen LogP contribution in [-0.4, -0.2) is 28.7 Å². The Kier molecular flexibility index (Phi) is 7.14. The molecule has 7 nitrogen and oxygen atoms in total. The number of nitro benzene ring substituents is 1. The number of hydrogen-bond acceptors (Lipinski definition) is 6. The fourth-order valence-electron chi connectivity index (χ4n) is 1.92. The molecule has 0 aliphatic heterocycles. The van der Waals surface area contributed by atoms with Crippen LogP contribution in [0.5, 0.6) is 0 Å². The van der Waals surface area contributed by atoms with E-state index in [-0.39, 0.29) is 22.2 Å². The monoisotopic (exact) mass is 412 g/mol. The summed E-state index contributed by atoms with van der Waals surface area (Å²) in [4.78, 5) is 34.6. The Hall–Kier alpha value is -2.65. The van der Waals surface area contributed by atoms with E-state index in [1.165, 1.54) is 37.3 Å². The number of hydrogen-bond donors (Lipinski definition) is 1. The van der Waals surface area contributed by atoms with Gasteiger partial charge in [-0.25, -0.2) is 4.39 Å². The Morgan fingerprint density at radius 1 is 1.30 bits per heavy atom. The second-order valence-corrected chi connectivity index (χ2v) is 6.74. The molecule has 0 aromatic heterocycles. The number of nitrogens with one attached hydrogen (secondary N) is 1. The van der Waals surface area contributed by atoms with Crippen LogP contribution in [0.2, 0.25) is 5.02 Å². The largest absolute Gasteiger partial charge is 0.452 e. The van der Waals surface area contributed by atoms with E-state index in [1.807, 2.05) is 0 Å². The first-order chi connectivity index (χ1) is 12.8. The number of carbonyl (C=O) groups excluding carboxylic acids is 2. The van der Waals surface area contributed by atoms with Crippen molar-refractivity contribution >= 4 is 46.6 Å². The first-order valence-corrected chi connectivity index (χ1v) is 8.95. The molecule has 0 aliphatic rings. The van der Waals surface area contributed by atoms with E-state index in [0.717, 1.165) is 23.9 Å². The Balaban J connectivity index is 1.83. The van der Waals surface area contributed by atoms with Gasteiger partial charge in [0.1, 0.15) is 5.82 Å². The van der Waals surface area contributed by atoms with Crippen molar-refractivity contribution in [2.24, 2.45) is 0 Å². The normalized spacial score (nSPS) is 11.5. The van der Waals surface area contributed by atoms with E-state index < -0.39 is 28.7 Å². The summed E-state index contributed by atoms with van der Waals surface area (Å²) in [6, 6.07) is 9.18. The summed E-state index contributed by atoms with van der Waals surface area (Å²) in [5.74, 6) is -1.86. The molecule has 0 aliphatic carbocycles. The minimum Gasteiger partial charge on any atom is -0.452 e. The molecule has 0 bridgehead atoms. The number of nitrogens with zero attached hydrogens (tertiary/aromatic N) is 1. The molecule has 1 atom stereocenters. The lowest BCUT2D eigenvalue weighted by atomic mass is 10.3. The number of non-ortho nitro benzene ring substituents is 1. The number of rotatable bonds is 7. The predicted octanol–water partition coefficient (Wildman–Crippen LogP) is 4.05. The minimum absolute atomic E-state index is 0.0237. The molecule has 0 heterocycles. The number of benzene rings is 2. The number of amides is 1. The van der Waals surface area contributed by atoms with Crippen molar-refractivity contribution in [3.05, 3.63) is 63.4 Å². The first-order valence-electron chi connectivity index (χ1n) is 7.59. The van der Waals surface area contributed by atoms with Crippen LogP contribution in [0.4, 0.5) is 15.8 Å². The molecule has 0 unspecified atom stereocenters. The summed E-state index contributed by atoms with van der Waals surface area (Å²) in [6.07, 6.45) is -1.09. The third-order valence-corrected chi connectivity index (χ3v) is 4.57. The number of esters is 1. The van der Waals surface area contributed by atoms with Crippen LogP contribution in [-0.2, 0) is 14.3 Å². The van der Waals surface area contributed by atoms with Crippen LogP contribution in [0.3, 0.4) is 0 Å². The molecule has 2 aromatic carbocycles. The molecule has 1 amide bonds. The zero-order valence-corrected chi connectivity index (χ0v) is 15.6. The molecule has 142 valence electrons. The SMILES string of the molecule is C[C@H](OC(=O)CSc1ccc([N+](=O)[O-])cc1)C(=O)Nc1ccc(F)cc1Cl. The van der Waals surface area contributed by atoms with Crippen LogP contribution in [0.25, 0.3) is 0 Å². The van der Waals surface area contributed by atoms with Gasteiger partial charge in [-0.2, -0.15) is 0 Å². The third-order valence-electron chi connectivity index (χ3n) is 3.27. The van der Waals surface area contributed by atoms with E-state index in [2.05, 4.69) is 5.32 Å². The third kappa shape index (κ3) is 6.22. The molecule has 27 heavy (non-hydrogen) atoms. The van der Waals surface area contributed by atoms with Crippen LogP contribution in [0, 0.1) is 15.9 Å². The summed E-state index contributed by atoms with van der Waals surface area (Å²) in [7, 11) is 0. The van der Waals surface area contributed by atoms with E-state index in [1.54, 1.807) is 0 Å². The molecular weight excluding hydrogens is 399 g/mol. The van der Waals surface area contributed by atoms with Crippen molar-refractivity contribution in [2.45, 2.75) is 17.9 Å². The standard InChI is InChI=1S/C17H14ClFN2O5S/c1-10(17(23)20-15-7-2-11(19)8-14(15)18)26-16(22)9-27-13-5-3-12(4-6-13)21(24)25/h2-8,10H,9H2,1H3,(H,20,23)/t10-/m0/s1. The van der Waals surface area contributed by atoms with Crippen molar-refractivity contribution in [3.63, 3.8) is 0 Å². The molecule has 0 fully saturated rings. The molecular formula is C17H14ClFN2O5S. The number of ether oxygens (including phenoxy) is 1. The Bertz CT molecular complexity index is 863. The maximum Gasteiger partial charge on any atom is 0.317 e. The highest BCUT2D eigenvalue weighted by Gasteiger charge is 2.19. The van der Waals surface area contributed by atoms with E-state index in [4.69, 9.17) is 16.3 Å². The Labute approximate surface area is 163 Å². The van der Waals surface area contributed by atoms with E-state index in [9.17, 15) is 24.1 Å². The molecule has 0 saturated carbocycles. The second kappa shape index (κ2) is 9.33. The zero-order valence-electron chi connectivity index (χ0n) is 14.0. The maximum absolute atomic E-state index is 13.0. The van der Waals surface area contributed by atoms with E-state index >= 15 is 0 Å². The van der Waals surface area contributed by atoms with Crippen LogP contribution in [0.1, 0.15) is 6.92 Å². The van der Waals surface area contributed by atoms with Crippen LogP contribution in [0.15, 0.2) is 47.4 Å².